The molecule has 114 valence electrons. The lowest BCUT2D eigenvalue weighted by Gasteiger charge is -2.15. The zero-order valence-electron chi connectivity index (χ0n) is 12.0. The summed E-state index contributed by atoms with van der Waals surface area (Å²) >= 11 is 1.60. The number of nitrogens with zero attached hydrogens (tertiary/aromatic N) is 1. The first kappa shape index (κ1) is 14.5. The second-order valence-electron chi connectivity index (χ2n) is 5.92. The highest BCUT2D eigenvalue weighted by molar-refractivity contribution is 7.09. The number of hydrogen-bond acceptors (Lipinski definition) is 4. The summed E-state index contributed by atoms with van der Waals surface area (Å²) in [4.78, 5) is 27.8. The predicted molar refractivity (Wildman–Crippen MR) is 80.7 cm³/mol. The van der Waals surface area contributed by atoms with Crippen molar-refractivity contribution in [3.8, 4) is 0 Å². The summed E-state index contributed by atoms with van der Waals surface area (Å²) in [7, 11) is 0. The Morgan fingerprint density at radius 3 is 2.76 bits per heavy atom. The van der Waals surface area contributed by atoms with E-state index in [1.54, 1.807) is 17.5 Å². The van der Waals surface area contributed by atoms with Crippen LogP contribution in [0, 0.1) is 11.8 Å². The van der Waals surface area contributed by atoms with Crippen molar-refractivity contribution in [1.82, 2.24) is 15.6 Å². The van der Waals surface area contributed by atoms with E-state index >= 15 is 0 Å². The molecule has 0 aromatic carbocycles. The lowest BCUT2D eigenvalue weighted by molar-refractivity contribution is -0.124. The van der Waals surface area contributed by atoms with Crippen LogP contribution in [0.4, 0.5) is 0 Å². The molecule has 5 nitrogen and oxygen atoms in total. The molecule has 2 aliphatic carbocycles. The number of nitrogens with one attached hydrogen (secondary N) is 2. The van der Waals surface area contributed by atoms with Gasteiger partial charge in [-0.1, -0.05) is 0 Å². The quantitative estimate of drug-likeness (QED) is 0.722. The molecule has 2 saturated carbocycles. The van der Waals surface area contributed by atoms with Gasteiger partial charge in [0.25, 0.3) is 0 Å². The molecular formula is C15H21N3O2S. The van der Waals surface area contributed by atoms with E-state index in [-0.39, 0.29) is 23.8 Å². The van der Waals surface area contributed by atoms with Crippen molar-refractivity contribution in [2.24, 2.45) is 11.8 Å². The number of carbonyl (C=O) groups excluding carboxylic acids is 2. The maximum absolute atomic E-state index is 12.0. The zero-order chi connectivity index (χ0) is 14.7. The van der Waals surface area contributed by atoms with Crippen LogP contribution in [0.1, 0.15) is 49.6 Å². The number of aromatic nitrogens is 1. The summed E-state index contributed by atoms with van der Waals surface area (Å²) in [5, 5.41) is 8.94. The van der Waals surface area contributed by atoms with Crippen molar-refractivity contribution < 1.29 is 9.59 Å². The largest absolute Gasteiger partial charge is 0.356 e. The first-order chi connectivity index (χ1) is 10.2. The van der Waals surface area contributed by atoms with Gasteiger partial charge >= 0.3 is 0 Å². The molecule has 0 bridgehead atoms. The first-order valence-corrected chi connectivity index (χ1v) is 8.58. The van der Waals surface area contributed by atoms with Gasteiger partial charge < -0.3 is 10.6 Å². The third kappa shape index (κ3) is 4.27. The average molecular weight is 307 g/mol. The molecule has 1 aromatic rings. The Labute approximate surface area is 128 Å². The number of rotatable bonds is 8. The van der Waals surface area contributed by atoms with Gasteiger partial charge in [-0.05, 0) is 38.0 Å². The maximum Gasteiger partial charge on any atom is 0.223 e. The fraction of sp³-hybridized carbons (Fsp3) is 0.667. The summed E-state index contributed by atoms with van der Waals surface area (Å²) in [6.45, 7) is 0.591. The second-order valence-corrected chi connectivity index (χ2v) is 6.85. The molecule has 2 fully saturated rings. The van der Waals surface area contributed by atoms with E-state index in [9.17, 15) is 9.59 Å². The van der Waals surface area contributed by atoms with Gasteiger partial charge in [-0.15, -0.1) is 11.3 Å². The Hall–Kier alpha value is -1.43. The van der Waals surface area contributed by atoms with E-state index in [0.717, 1.165) is 17.8 Å². The van der Waals surface area contributed by atoms with Crippen molar-refractivity contribution >= 4 is 23.2 Å². The third-order valence-corrected chi connectivity index (χ3v) is 4.81. The van der Waals surface area contributed by atoms with Gasteiger partial charge in [-0.25, -0.2) is 4.98 Å². The minimum atomic E-state index is 0.0581. The van der Waals surface area contributed by atoms with Gasteiger partial charge in [0, 0.05) is 30.5 Å². The van der Waals surface area contributed by atoms with Crippen LogP contribution in [0.2, 0.25) is 0 Å². The number of hydrogen-bond donors (Lipinski definition) is 2. The smallest absolute Gasteiger partial charge is 0.223 e. The first-order valence-electron chi connectivity index (χ1n) is 7.70. The number of carbonyl (C=O) groups is 2. The van der Waals surface area contributed by atoms with Gasteiger partial charge in [-0.2, -0.15) is 0 Å². The SMILES string of the molecule is O=C(CCCNC(=O)C1CC1)N[C@H](c1nccs1)C1CC1. The molecule has 3 rings (SSSR count). The van der Waals surface area contributed by atoms with Crippen LogP contribution in [0.3, 0.4) is 0 Å². The molecule has 0 radical (unpaired) electrons. The summed E-state index contributed by atoms with van der Waals surface area (Å²) in [6.07, 6.45) is 7.31. The van der Waals surface area contributed by atoms with Crippen LogP contribution in [0.15, 0.2) is 11.6 Å². The molecule has 0 aliphatic heterocycles. The van der Waals surface area contributed by atoms with E-state index in [1.807, 2.05) is 5.38 Å². The van der Waals surface area contributed by atoms with E-state index in [1.165, 1.54) is 12.8 Å². The fourth-order valence-electron chi connectivity index (χ4n) is 2.39. The van der Waals surface area contributed by atoms with Gasteiger partial charge in [0.1, 0.15) is 5.01 Å². The van der Waals surface area contributed by atoms with E-state index in [4.69, 9.17) is 0 Å². The monoisotopic (exact) mass is 307 g/mol. The lowest BCUT2D eigenvalue weighted by Crippen LogP contribution is -2.31. The second kappa shape index (κ2) is 6.56. The van der Waals surface area contributed by atoms with Crippen LogP contribution in [-0.4, -0.2) is 23.3 Å². The Bertz CT molecular complexity index is 495. The van der Waals surface area contributed by atoms with Crippen LogP contribution in [-0.2, 0) is 9.59 Å². The van der Waals surface area contributed by atoms with Crippen LogP contribution >= 0.6 is 11.3 Å². The average Bonchev–Trinajstić information content (AvgIpc) is 3.39. The molecule has 6 heteroatoms. The third-order valence-electron chi connectivity index (χ3n) is 3.96. The molecule has 2 amide bonds. The van der Waals surface area contributed by atoms with E-state index < -0.39 is 0 Å². The molecule has 2 aliphatic rings. The summed E-state index contributed by atoms with van der Waals surface area (Å²) in [5.41, 5.74) is 0. The molecule has 1 aromatic heterocycles. The molecule has 21 heavy (non-hydrogen) atoms. The maximum atomic E-state index is 12.0. The minimum Gasteiger partial charge on any atom is -0.356 e. The standard InChI is InChI=1S/C15H21N3O2S/c19-12(2-1-7-16-14(20)11-5-6-11)18-13(10-3-4-10)15-17-8-9-21-15/h8-11,13H,1-7H2,(H,16,20)(H,18,19)/t13-/m0/s1. The molecule has 2 N–H and O–H groups in total. The Morgan fingerprint density at radius 1 is 1.33 bits per heavy atom. The van der Waals surface area contributed by atoms with Crippen molar-refractivity contribution in [2.45, 2.75) is 44.6 Å². The van der Waals surface area contributed by atoms with Crippen LogP contribution in [0.5, 0.6) is 0 Å². The zero-order valence-corrected chi connectivity index (χ0v) is 12.8. The normalized spacial score (nSPS) is 19.0. The lowest BCUT2D eigenvalue weighted by atomic mass is 10.2. The van der Waals surface area contributed by atoms with Crippen LogP contribution in [0.25, 0.3) is 0 Å². The van der Waals surface area contributed by atoms with Gasteiger partial charge in [0.15, 0.2) is 0 Å². The molecule has 1 atom stereocenters. The summed E-state index contributed by atoms with van der Waals surface area (Å²) in [5.74, 6) is 0.995. The number of amides is 2. The highest BCUT2D eigenvalue weighted by Crippen LogP contribution is 2.41. The van der Waals surface area contributed by atoms with E-state index in [2.05, 4.69) is 15.6 Å². The Balaban J connectivity index is 1.37. The highest BCUT2D eigenvalue weighted by Gasteiger charge is 2.34. The predicted octanol–water partition coefficient (Wildman–Crippen LogP) is 2.02. The molecule has 1 heterocycles. The van der Waals surface area contributed by atoms with Gasteiger partial charge in [0.05, 0.1) is 6.04 Å². The minimum absolute atomic E-state index is 0.0581. The van der Waals surface area contributed by atoms with Crippen molar-refractivity contribution in [3.05, 3.63) is 16.6 Å². The highest BCUT2D eigenvalue weighted by atomic mass is 32.1. The summed E-state index contributed by atoms with van der Waals surface area (Å²) < 4.78 is 0. The fourth-order valence-corrected chi connectivity index (χ4v) is 3.18. The molecule has 0 saturated heterocycles. The van der Waals surface area contributed by atoms with Crippen molar-refractivity contribution in [3.63, 3.8) is 0 Å². The molecule has 0 spiro atoms. The molecule has 0 unspecified atom stereocenters. The van der Waals surface area contributed by atoms with Gasteiger partial charge in [0.2, 0.25) is 11.8 Å². The Kier molecular flexibility index (Phi) is 4.53. The van der Waals surface area contributed by atoms with Crippen molar-refractivity contribution in [2.75, 3.05) is 6.54 Å². The van der Waals surface area contributed by atoms with Gasteiger partial charge in [-0.3, -0.25) is 9.59 Å². The molecular weight excluding hydrogens is 286 g/mol. The number of thiazole rings is 1. The Morgan fingerprint density at radius 2 is 2.14 bits per heavy atom. The van der Waals surface area contributed by atoms with Crippen LogP contribution < -0.4 is 10.6 Å². The summed E-state index contributed by atoms with van der Waals surface area (Å²) in [6, 6.07) is 0.0820. The topological polar surface area (TPSA) is 71.1 Å². The van der Waals surface area contributed by atoms with E-state index in [0.29, 0.717) is 25.3 Å². The van der Waals surface area contributed by atoms with Crippen molar-refractivity contribution in [1.29, 1.82) is 0 Å².